The van der Waals surface area contributed by atoms with Crippen molar-refractivity contribution in [1.82, 2.24) is 14.9 Å². The highest BCUT2D eigenvalue weighted by Crippen LogP contribution is 2.35. The van der Waals surface area contributed by atoms with Crippen molar-refractivity contribution < 1.29 is 13.9 Å². The van der Waals surface area contributed by atoms with E-state index in [0.29, 0.717) is 19.8 Å². The number of carbonyl (C=O) groups is 1. The number of hydrogen-bond acceptors (Lipinski definition) is 6. The topological polar surface area (TPSA) is 71.7 Å². The minimum atomic E-state index is -0.356. The molecule has 0 radical (unpaired) electrons. The van der Waals surface area contributed by atoms with Gasteiger partial charge in [0.05, 0.1) is 19.5 Å². The van der Waals surface area contributed by atoms with Gasteiger partial charge >= 0.3 is 0 Å². The van der Waals surface area contributed by atoms with Crippen LogP contribution in [0, 0.1) is 11.3 Å². The number of benzene rings is 1. The molecule has 168 valence electrons. The molecule has 3 aromatic rings. The molecule has 0 spiro atoms. The van der Waals surface area contributed by atoms with Gasteiger partial charge in [0.25, 0.3) is 0 Å². The van der Waals surface area contributed by atoms with E-state index in [2.05, 4.69) is 27.9 Å². The molecule has 0 N–H and O–H groups in total. The highest BCUT2D eigenvalue weighted by atomic mass is 16.5. The summed E-state index contributed by atoms with van der Waals surface area (Å²) < 4.78 is 11.5. The predicted octanol–water partition coefficient (Wildman–Crippen LogP) is 3.55. The minimum Gasteiger partial charge on any atom is -0.464 e. The van der Waals surface area contributed by atoms with Crippen LogP contribution in [0.3, 0.4) is 0 Å². The Hall–Kier alpha value is -2.93. The number of hydrogen-bond donors (Lipinski definition) is 0. The molecule has 5 rings (SSSR count). The molecule has 1 unspecified atom stereocenters. The number of aromatic nitrogens is 2. The standard InChI is InChI=1S/C25H30N4O3/c1-25(7-11-28(12-8-25)24-26-9-3-10-27-24)23(30)29-13-15-31-18-19(17-29)16-20-4-2-5-22-21(20)6-14-32-22/h2-6,9-10,14,19H,7-8,11-13,15-18H2,1H3. The molecule has 2 aliphatic heterocycles. The summed E-state index contributed by atoms with van der Waals surface area (Å²) in [6.07, 6.45) is 7.75. The Morgan fingerprint density at radius 1 is 1.12 bits per heavy atom. The van der Waals surface area contributed by atoms with E-state index in [1.807, 2.05) is 29.2 Å². The van der Waals surface area contributed by atoms with E-state index in [-0.39, 0.29) is 17.2 Å². The second-order valence-corrected chi connectivity index (χ2v) is 9.24. The summed E-state index contributed by atoms with van der Waals surface area (Å²) in [5, 5.41) is 1.15. The Balaban J connectivity index is 1.25. The van der Waals surface area contributed by atoms with Crippen molar-refractivity contribution in [3.63, 3.8) is 0 Å². The number of rotatable bonds is 4. The van der Waals surface area contributed by atoms with Crippen LogP contribution in [0.4, 0.5) is 5.95 Å². The highest BCUT2D eigenvalue weighted by molar-refractivity contribution is 5.83. The third-order valence-corrected chi connectivity index (χ3v) is 6.94. The first-order chi connectivity index (χ1) is 15.6. The lowest BCUT2D eigenvalue weighted by Crippen LogP contribution is -2.50. The summed E-state index contributed by atoms with van der Waals surface area (Å²) >= 11 is 0. The average Bonchev–Trinajstić information content (AvgIpc) is 3.20. The number of ether oxygens (including phenoxy) is 1. The Bertz CT molecular complexity index is 1060. The fourth-order valence-corrected chi connectivity index (χ4v) is 4.98. The monoisotopic (exact) mass is 434 g/mol. The van der Waals surface area contributed by atoms with Gasteiger partial charge in [-0.1, -0.05) is 19.1 Å². The zero-order chi connectivity index (χ0) is 22.0. The fraction of sp³-hybridized carbons (Fsp3) is 0.480. The molecule has 1 atom stereocenters. The molecule has 32 heavy (non-hydrogen) atoms. The van der Waals surface area contributed by atoms with Crippen LogP contribution >= 0.6 is 0 Å². The van der Waals surface area contributed by atoms with Crippen molar-refractivity contribution in [1.29, 1.82) is 0 Å². The van der Waals surface area contributed by atoms with E-state index >= 15 is 0 Å². The Morgan fingerprint density at radius 2 is 1.94 bits per heavy atom. The number of fused-ring (bicyclic) bond motifs is 1. The summed E-state index contributed by atoms with van der Waals surface area (Å²) in [7, 11) is 0. The molecule has 0 aliphatic carbocycles. The fourth-order valence-electron chi connectivity index (χ4n) is 4.98. The van der Waals surface area contributed by atoms with Crippen LogP contribution in [0.15, 0.2) is 53.4 Å². The van der Waals surface area contributed by atoms with Crippen molar-refractivity contribution in [2.75, 3.05) is 44.3 Å². The number of piperidine rings is 1. The lowest BCUT2D eigenvalue weighted by Gasteiger charge is -2.41. The van der Waals surface area contributed by atoms with Gasteiger partial charge in [0, 0.05) is 55.3 Å². The van der Waals surface area contributed by atoms with Gasteiger partial charge in [-0.3, -0.25) is 4.79 Å². The van der Waals surface area contributed by atoms with Crippen molar-refractivity contribution in [3.8, 4) is 0 Å². The second kappa shape index (κ2) is 8.90. The highest BCUT2D eigenvalue weighted by Gasteiger charge is 2.41. The van der Waals surface area contributed by atoms with E-state index in [1.54, 1.807) is 18.7 Å². The molecule has 7 nitrogen and oxygen atoms in total. The lowest BCUT2D eigenvalue weighted by atomic mass is 9.79. The molecular weight excluding hydrogens is 404 g/mol. The largest absolute Gasteiger partial charge is 0.464 e. The Kier molecular flexibility index (Phi) is 5.83. The predicted molar refractivity (Wildman–Crippen MR) is 122 cm³/mol. The van der Waals surface area contributed by atoms with Crippen LogP contribution in [0.2, 0.25) is 0 Å². The van der Waals surface area contributed by atoms with E-state index in [1.165, 1.54) is 5.56 Å². The quantitative estimate of drug-likeness (QED) is 0.625. The molecule has 2 fully saturated rings. The maximum Gasteiger partial charge on any atom is 0.228 e. The number of carbonyl (C=O) groups excluding carboxylic acids is 1. The number of anilines is 1. The number of amides is 1. The zero-order valence-electron chi connectivity index (χ0n) is 18.6. The molecule has 7 heteroatoms. The summed E-state index contributed by atoms with van der Waals surface area (Å²) in [5.41, 5.74) is 1.80. The summed E-state index contributed by atoms with van der Waals surface area (Å²) in [5.74, 6) is 1.27. The molecule has 2 aromatic heterocycles. The van der Waals surface area contributed by atoms with Crippen LogP contribution < -0.4 is 4.90 Å². The van der Waals surface area contributed by atoms with E-state index in [0.717, 1.165) is 55.8 Å². The van der Waals surface area contributed by atoms with Crippen LogP contribution in [-0.4, -0.2) is 60.2 Å². The van der Waals surface area contributed by atoms with Crippen molar-refractivity contribution in [2.45, 2.75) is 26.2 Å². The van der Waals surface area contributed by atoms with Gasteiger partial charge in [-0.15, -0.1) is 0 Å². The van der Waals surface area contributed by atoms with E-state index < -0.39 is 0 Å². The van der Waals surface area contributed by atoms with Crippen LogP contribution in [0.5, 0.6) is 0 Å². The molecule has 1 aromatic carbocycles. The van der Waals surface area contributed by atoms with Crippen molar-refractivity contribution in [3.05, 3.63) is 54.6 Å². The van der Waals surface area contributed by atoms with Crippen LogP contribution in [0.25, 0.3) is 11.0 Å². The van der Waals surface area contributed by atoms with Crippen LogP contribution in [0.1, 0.15) is 25.3 Å². The molecule has 4 heterocycles. The number of nitrogens with zero attached hydrogens (tertiary/aromatic N) is 4. The second-order valence-electron chi connectivity index (χ2n) is 9.24. The third-order valence-electron chi connectivity index (χ3n) is 6.94. The molecule has 0 bridgehead atoms. The van der Waals surface area contributed by atoms with Gasteiger partial charge in [-0.05, 0) is 43.0 Å². The third kappa shape index (κ3) is 4.21. The molecule has 2 saturated heterocycles. The van der Waals surface area contributed by atoms with E-state index in [9.17, 15) is 4.79 Å². The van der Waals surface area contributed by atoms with Gasteiger partial charge in [0.2, 0.25) is 11.9 Å². The maximum absolute atomic E-state index is 13.6. The van der Waals surface area contributed by atoms with Crippen LogP contribution in [-0.2, 0) is 16.0 Å². The first-order valence-electron chi connectivity index (χ1n) is 11.5. The Labute approximate surface area is 188 Å². The normalized spacial score (nSPS) is 21.5. The maximum atomic E-state index is 13.6. The first-order valence-corrected chi connectivity index (χ1v) is 11.5. The van der Waals surface area contributed by atoms with Crippen molar-refractivity contribution >= 4 is 22.8 Å². The average molecular weight is 435 g/mol. The van der Waals surface area contributed by atoms with E-state index in [4.69, 9.17) is 9.15 Å². The molecular formula is C25H30N4O3. The van der Waals surface area contributed by atoms with Crippen molar-refractivity contribution in [2.24, 2.45) is 11.3 Å². The first kappa shape index (κ1) is 20.9. The summed E-state index contributed by atoms with van der Waals surface area (Å²) in [4.78, 5) is 26.6. The molecule has 2 aliphatic rings. The van der Waals surface area contributed by atoms with Gasteiger partial charge in [-0.2, -0.15) is 0 Å². The minimum absolute atomic E-state index is 0.253. The summed E-state index contributed by atoms with van der Waals surface area (Å²) in [6, 6.07) is 10.0. The lowest BCUT2D eigenvalue weighted by molar-refractivity contribution is -0.142. The van der Waals surface area contributed by atoms with Gasteiger partial charge < -0.3 is 19.0 Å². The van der Waals surface area contributed by atoms with Gasteiger partial charge in [0.15, 0.2) is 0 Å². The SMILES string of the molecule is CC1(C(=O)N2CCOCC(Cc3cccc4occc34)C2)CCN(c2ncccn2)CC1. The molecule has 1 amide bonds. The van der Waals surface area contributed by atoms with Gasteiger partial charge in [0.1, 0.15) is 5.58 Å². The Morgan fingerprint density at radius 3 is 2.75 bits per heavy atom. The summed E-state index contributed by atoms with van der Waals surface area (Å²) in [6.45, 7) is 6.36. The smallest absolute Gasteiger partial charge is 0.228 e. The zero-order valence-corrected chi connectivity index (χ0v) is 18.6. The molecule has 0 saturated carbocycles. The van der Waals surface area contributed by atoms with Gasteiger partial charge in [-0.25, -0.2) is 9.97 Å². The number of furan rings is 1.